The summed E-state index contributed by atoms with van der Waals surface area (Å²) < 4.78 is 0. The normalized spacial score (nSPS) is 10.2. The molecule has 1 aromatic heterocycles. The van der Waals surface area contributed by atoms with Crippen LogP contribution in [0.1, 0.15) is 13.3 Å². The zero-order valence-electron chi connectivity index (χ0n) is 12.6. The number of nitrogens with one attached hydrogen (secondary N) is 1. The van der Waals surface area contributed by atoms with E-state index in [1.165, 1.54) is 6.92 Å². The van der Waals surface area contributed by atoms with Gasteiger partial charge in [-0.3, -0.25) is 14.6 Å². The van der Waals surface area contributed by atoms with E-state index in [0.717, 1.165) is 10.9 Å². The van der Waals surface area contributed by atoms with Crippen molar-refractivity contribution in [2.24, 2.45) is 0 Å². The summed E-state index contributed by atoms with van der Waals surface area (Å²) >= 11 is 0. The van der Waals surface area contributed by atoms with Gasteiger partial charge >= 0.3 is 0 Å². The highest BCUT2D eigenvalue weighted by molar-refractivity contribution is 6.00. The monoisotopic (exact) mass is 297 g/mol. The molecule has 0 aliphatic rings. The summed E-state index contributed by atoms with van der Waals surface area (Å²) in [6, 6.07) is 9.44. The van der Waals surface area contributed by atoms with Gasteiger partial charge in [-0.15, -0.1) is 6.58 Å². The van der Waals surface area contributed by atoms with Gasteiger partial charge in [0.05, 0.1) is 11.2 Å². The standard InChI is InChI=1S/C17H19N3O2/c1-3-11-20(13(2)21)12-9-16(22)19-15-8-4-6-14-7-5-10-18-17(14)15/h3-8,10H,1,9,11-12H2,2H3,(H,19,22). The summed E-state index contributed by atoms with van der Waals surface area (Å²) in [5.41, 5.74) is 1.44. The van der Waals surface area contributed by atoms with Gasteiger partial charge in [-0.1, -0.05) is 24.3 Å². The van der Waals surface area contributed by atoms with Crippen molar-refractivity contribution in [3.8, 4) is 0 Å². The van der Waals surface area contributed by atoms with Crippen molar-refractivity contribution in [2.75, 3.05) is 18.4 Å². The largest absolute Gasteiger partial charge is 0.339 e. The van der Waals surface area contributed by atoms with Crippen molar-refractivity contribution in [2.45, 2.75) is 13.3 Å². The van der Waals surface area contributed by atoms with E-state index in [-0.39, 0.29) is 18.2 Å². The molecule has 114 valence electrons. The van der Waals surface area contributed by atoms with Gasteiger partial charge < -0.3 is 10.2 Å². The Kier molecular flexibility index (Phi) is 5.25. The number of carbonyl (C=O) groups is 2. The van der Waals surface area contributed by atoms with E-state index in [2.05, 4.69) is 16.9 Å². The van der Waals surface area contributed by atoms with E-state index in [0.29, 0.717) is 18.8 Å². The van der Waals surface area contributed by atoms with Gasteiger partial charge in [-0.05, 0) is 12.1 Å². The first-order chi connectivity index (χ1) is 10.6. The number of pyridine rings is 1. The molecular weight excluding hydrogens is 278 g/mol. The van der Waals surface area contributed by atoms with Crippen molar-refractivity contribution < 1.29 is 9.59 Å². The van der Waals surface area contributed by atoms with Crippen LogP contribution in [0.2, 0.25) is 0 Å². The highest BCUT2D eigenvalue weighted by Crippen LogP contribution is 2.20. The van der Waals surface area contributed by atoms with Gasteiger partial charge in [0.1, 0.15) is 0 Å². The molecule has 1 aromatic carbocycles. The molecule has 0 aliphatic heterocycles. The lowest BCUT2D eigenvalue weighted by Gasteiger charge is -2.18. The Morgan fingerprint density at radius 1 is 1.32 bits per heavy atom. The van der Waals surface area contributed by atoms with Gasteiger partial charge in [-0.25, -0.2) is 0 Å². The maximum Gasteiger partial charge on any atom is 0.226 e. The van der Waals surface area contributed by atoms with Crippen molar-refractivity contribution in [3.05, 3.63) is 49.2 Å². The molecule has 5 heteroatoms. The smallest absolute Gasteiger partial charge is 0.226 e. The zero-order valence-corrected chi connectivity index (χ0v) is 12.6. The summed E-state index contributed by atoms with van der Waals surface area (Å²) in [5.74, 6) is -0.215. The Morgan fingerprint density at radius 2 is 2.09 bits per heavy atom. The number of fused-ring (bicyclic) bond motifs is 1. The number of amides is 2. The third-order valence-corrected chi connectivity index (χ3v) is 3.31. The van der Waals surface area contributed by atoms with E-state index in [9.17, 15) is 9.59 Å². The van der Waals surface area contributed by atoms with Crippen LogP contribution in [0, 0.1) is 0 Å². The number of para-hydroxylation sites is 1. The molecule has 0 aliphatic carbocycles. The lowest BCUT2D eigenvalue weighted by Crippen LogP contribution is -2.32. The summed E-state index contributed by atoms with van der Waals surface area (Å²) in [6.45, 7) is 5.90. The molecule has 1 N–H and O–H groups in total. The third-order valence-electron chi connectivity index (χ3n) is 3.31. The van der Waals surface area contributed by atoms with E-state index in [1.807, 2.05) is 30.3 Å². The molecule has 0 saturated carbocycles. The van der Waals surface area contributed by atoms with Crippen LogP contribution < -0.4 is 5.32 Å². The number of hydrogen-bond acceptors (Lipinski definition) is 3. The number of aromatic nitrogens is 1. The molecule has 0 fully saturated rings. The molecule has 22 heavy (non-hydrogen) atoms. The molecule has 1 heterocycles. The summed E-state index contributed by atoms with van der Waals surface area (Å²) in [6.07, 6.45) is 3.57. The second kappa shape index (κ2) is 7.36. The zero-order chi connectivity index (χ0) is 15.9. The van der Waals surface area contributed by atoms with Gasteiger partial charge in [0, 0.05) is 38.0 Å². The number of carbonyl (C=O) groups excluding carboxylic acids is 2. The Morgan fingerprint density at radius 3 is 2.82 bits per heavy atom. The quantitative estimate of drug-likeness (QED) is 0.834. The van der Waals surface area contributed by atoms with Crippen LogP contribution >= 0.6 is 0 Å². The summed E-state index contributed by atoms with van der Waals surface area (Å²) in [4.78, 5) is 29.4. The minimum atomic E-state index is -0.145. The highest BCUT2D eigenvalue weighted by Gasteiger charge is 2.11. The van der Waals surface area contributed by atoms with Crippen LogP contribution in [0.3, 0.4) is 0 Å². The summed E-state index contributed by atoms with van der Waals surface area (Å²) in [7, 11) is 0. The van der Waals surface area contributed by atoms with E-state index < -0.39 is 0 Å². The molecular formula is C17H19N3O2. The molecule has 2 amide bonds. The average Bonchev–Trinajstić information content (AvgIpc) is 2.51. The fraction of sp³-hybridized carbons (Fsp3) is 0.235. The number of benzene rings is 1. The second-order valence-corrected chi connectivity index (χ2v) is 4.93. The molecule has 2 rings (SSSR count). The van der Waals surface area contributed by atoms with E-state index >= 15 is 0 Å². The second-order valence-electron chi connectivity index (χ2n) is 4.93. The predicted octanol–water partition coefficient (Wildman–Crippen LogP) is 2.60. The molecule has 0 saturated heterocycles. The van der Waals surface area contributed by atoms with Crippen LogP contribution in [-0.2, 0) is 9.59 Å². The topological polar surface area (TPSA) is 62.3 Å². The van der Waals surface area contributed by atoms with Crippen LogP contribution in [-0.4, -0.2) is 34.8 Å². The summed E-state index contributed by atoms with van der Waals surface area (Å²) in [5, 5.41) is 3.83. The van der Waals surface area contributed by atoms with Crippen LogP contribution in [0.15, 0.2) is 49.2 Å². The number of nitrogens with zero attached hydrogens (tertiary/aromatic N) is 2. The van der Waals surface area contributed by atoms with Crippen LogP contribution in [0.5, 0.6) is 0 Å². The minimum absolute atomic E-state index is 0.0699. The SMILES string of the molecule is C=CCN(CCC(=O)Nc1cccc2cccnc12)C(C)=O. The van der Waals surface area contributed by atoms with Gasteiger partial charge in [0.2, 0.25) is 11.8 Å². The predicted molar refractivity (Wildman–Crippen MR) is 87.4 cm³/mol. The van der Waals surface area contributed by atoms with Crippen LogP contribution in [0.4, 0.5) is 5.69 Å². The third kappa shape index (κ3) is 3.91. The molecule has 5 nitrogen and oxygen atoms in total. The maximum absolute atomic E-state index is 12.1. The molecule has 0 atom stereocenters. The fourth-order valence-corrected chi connectivity index (χ4v) is 2.19. The van der Waals surface area contributed by atoms with Crippen molar-refractivity contribution in [1.82, 2.24) is 9.88 Å². The number of rotatable bonds is 6. The molecule has 0 unspecified atom stereocenters. The van der Waals surface area contributed by atoms with Gasteiger partial charge in [-0.2, -0.15) is 0 Å². The lowest BCUT2D eigenvalue weighted by atomic mass is 10.2. The molecule has 0 bridgehead atoms. The Bertz CT molecular complexity index is 692. The Labute approximate surface area is 129 Å². The fourth-order valence-electron chi connectivity index (χ4n) is 2.19. The van der Waals surface area contributed by atoms with E-state index in [1.54, 1.807) is 17.2 Å². The molecule has 0 spiro atoms. The minimum Gasteiger partial charge on any atom is -0.339 e. The first-order valence-corrected chi connectivity index (χ1v) is 7.12. The number of anilines is 1. The number of hydrogen-bond donors (Lipinski definition) is 1. The lowest BCUT2D eigenvalue weighted by molar-refractivity contribution is -0.128. The first kappa shape index (κ1) is 15.7. The van der Waals surface area contributed by atoms with E-state index in [4.69, 9.17) is 0 Å². The van der Waals surface area contributed by atoms with Crippen molar-refractivity contribution in [1.29, 1.82) is 0 Å². The van der Waals surface area contributed by atoms with Crippen molar-refractivity contribution in [3.63, 3.8) is 0 Å². The first-order valence-electron chi connectivity index (χ1n) is 7.12. The average molecular weight is 297 g/mol. The van der Waals surface area contributed by atoms with Crippen molar-refractivity contribution >= 4 is 28.4 Å². The Balaban J connectivity index is 2.02. The van der Waals surface area contributed by atoms with Crippen LogP contribution in [0.25, 0.3) is 10.9 Å². The maximum atomic E-state index is 12.1. The van der Waals surface area contributed by atoms with Gasteiger partial charge in [0.15, 0.2) is 0 Å². The molecule has 0 radical (unpaired) electrons. The van der Waals surface area contributed by atoms with Gasteiger partial charge in [0.25, 0.3) is 0 Å². The molecule has 2 aromatic rings. The highest BCUT2D eigenvalue weighted by atomic mass is 16.2. The Hall–Kier alpha value is -2.69.